The molecule has 0 aliphatic rings. The molecule has 0 N–H and O–H groups in total. The van der Waals surface area contributed by atoms with E-state index in [0.717, 1.165) is 52.0 Å². The molecule has 4 nitrogen and oxygen atoms in total. The predicted molar refractivity (Wildman–Crippen MR) is 130 cm³/mol. The van der Waals surface area contributed by atoms with Gasteiger partial charge in [0.15, 0.2) is 24.8 Å². The van der Waals surface area contributed by atoms with Gasteiger partial charge < -0.3 is 0 Å². The van der Waals surface area contributed by atoms with Gasteiger partial charge in [0.05, 0.1) is 11.4 Å². The first kappa shape index (κ1) is 22.6. The van der Waals surface area contributed by atoms with Crippen LogP contribution in [0.3, 0.4) is 0 Å². The molecular weight excluding hydrogens is 404 g/mol. The van der Waals surface area contributed by atoms with E-state index in [2.05, 4.69) is 29.1 Å². The molecule has 0 bridgehead atoms. The van der Waals surface area contributed by atoms with Gasteiger partial charge in [-0.05, 0) is 51.5 Å². The van der Waals surface area contributed by atoms with E-state index in [-0.39, 0.29) is 0 Å². The first-order valence-corrected chi connectivity index (χ1v) is 10.9. The highest BCUT2D eigenvalue weighted by Gasteiger charge is 2.09. The monoisotopic (exact) mass is 432 g/mol. The van der Waals surface area contributed by atoms with Gasteiger partial charge >= 0.3 is 0 Å². The van der Waals surface area contributed by atoms with Crippen molar-refractivity contribution in [3.05, 3.63) is 89.5 Å². The number of pyridine rings is 2. The summed E-state index contributed by atoms with van der Waals surface area (Å²) in [7, 11) is 0. The quantitative estimate of drug-likeness (QED) is 0.327. The zero-order chi connectivity index (χ0) is 22.2. The number of hydrogen-bond donors (Lipinski definition) is 0. The highest BCUT2D eigenvalue weighted by atomic mass is 35.5. The van der Waals surface area contributed by atoms with Crippen LogP contribution in [0.25, 0.3) is 6.08 Å². The molecular formula is C26H29ClN4+2. The van der Waals surface area contributed by atoms with Crippen molar-refractivity contribution in [1.29, 1.82) is 0 Å². The molecule has 3 aromatic rings. The van der Waals surface area contributed by atoms with Crippen molar-refractivity contribution in [2.45, 2.75) is 40.8 Å². The molecule has 2 aromatic heterocycles. The molecule has 0 radical (unpaired) electrons. The fourth-order valence-corrected chi connectivity index (χ4v) is 3.30. The Morgan fingerprint density at radius 3 is 1.55 bits per heavy atom. The number of aliphatic imine (C=N–C) groups is 2. The van der Waals surface area contributed by atoms with E-state index in [0.29, 0.717) is 0 Å². The summed E-state index contributed by atoms with van der Waals surface area (Å²) in [5.41, 5.74) is 5.69. The van der Waals surface area contributed by atoms with E-state index < -0.39 is 0 Å². The Balaban J connectivity index is 2.01. The number of halogens is 1. The molecule has 0 unspecified atom stereocenters. The molecule has 31 heavy (non-hydrogen) atoms. The summed E-state index contributed by atoms with van der Waals surface area (Å²) in [5.74, 6) is 0. The second-order valence-electron chi connectivity index (χ2n) is 7.28. The molecule has 0 aliphatic carbocycles. The van der Waals surface area contributed by atoms with Gasteiger partial charge in [0.1, 0.15) is 13.1 Å². The molecule has 0 spiro atoms. The van der Waals surface area contributed by atoms with Crippen LogP contribution in [0.2, 0.25) is 5.02 Å². The first-order valence-electron chi connectivity index (χ1n) is 10.5. The minimum Gasteiger partial charge on any atom is -0.253 e. The van der Waals surface area contributed by atoms with Crippen molar-refractivity contribution in [2.24, 2.45) is 9.98 Å². The van der Waals surface area contributed by atoms with Crippen LogP contribution in [-0.4, -0.2) is 11.4 Å². The van der Waals surface area contributed by atoms with Crippen molar-refractivity contribution < 1.29 is 9.13 Å². The molecule has 0 atom stereocenters. The molecule has 0 saturated carbocycles. The highest BCUT2D eigenvalue weighted by Crippen LogP contribution is 2.19. The number of hydrogen-bond acceptors (Lipinski definition) is 2. The van der Waals surface area contributed by atoms with E-state index in [4.69, 9.17) is 21.6 Å². The van der Waals surface area contributed by atoms with Crippen LogP contribution in [0, 0.1) is 0 Å². The number of allylic oxidation sites excluding steroid dienone is 1. The topological polar surface area (TPSA) is 32.5 Å². The van der Waals surface area contributed by atoms with Crippen molar-refractivity contribution in [1.82, 2.24) is 0 Å². The van der Waals surface area contributed by atoms with Gasteiger partial charge in [-0.2, -0.15) is 0 Å². The maximum Gasteiger partial charge on any atom is 0.170 e. The van der Waals surface area contributed by atoms with E-state index in [1.54, 1.807) is 0 Å². The van der Waals surface area contributed by atoms with Gasteiger partial charge in [0, 0.05) is 46.3 Å². The first-order chi connectivity index (χ1) is 15.0. The third-order valence-electron chi connectivity index (χ3n) is 5.03. The summed E-state index contributed by atoms with van der Waals surface area (Å²) in [6.45, 7) is 10.2. The molecule has 3 rings (SSSR count). The predicted octanol–water partition coefficient (Wildman–Crippen LogP) is 5.92. The van der Waals surface area contributed by atoms with Gasteiger partial charge in [0.25, 0.3) is 0 Å². The second kappa shape index (κ2) is 10.8. The van der Waals surface area contributed by atoms with Gasteiger partial charge in [-0.15, -0.1) is 0 Å². The Labute approximate surface area is 189 Å². The van der Waals surface area contributed by atoms with Gasteiger partial charge in [0.2, 0.25) is 0 Å². The van der Waals surface area contributed by atoms with Gasteiger partial charge in [-0.1, -0.05) is 23.7 Å². The summed E-state index contributed by atoms with van der Waals surface area (Å²) in [5, 5.41) is 0.719. The molecule has 5 heteroatoms. The maximum absolute atomic E-state index is 6.07. The minimum atomic E-state index is 0.719. The lowest BCUT2D eigenvalue weighted by Gasteiger charge is -2.09. The number of aryl methyl sites for hydroxylation is 2. The summed E-state index contributed by atoms with van der Waals surface area (Å²) in [4.78, 5) is 9.73. The zero-order valence-corrected chi connectivity index (χ0v) is 19.3. The molecule has 0 aliphatic heterocycles. The lowest BCUT2D eigenvalue weighted by Crippen LogP contribution is -2.30. The molecule has 1 aromatic carbocycles. The van der Waals surface area contributed by atoms with Crippen LogP contribution in [0.5, 0.6) is 0 Å². The number of aromatic nitrogens is 2. The van der Waals surface area contributed by atoms with E-state index in [9.17, 15) is 0 Å². The largest absolute Gasteiger partial charge is 0.253 e. The fourth-order valence-electron chi connectivity index (χ4n) is 3.17. The molecule has 0 amide bonds. The van der Waals surface area contributed by atoms with Crippen LogP contribution in [0.15, 0.2) is 88.9 Å². The van der Waals surface area contributed by atoms with Gasteiger partial charge in [-0.25, -0.2) is 9.13 Å². The highest BCUT2D eigenvalue weighted by molar-refractivity contribution is 6.30. The smallest absolute Gasteiger partial charge is 0.170 e. The Kier molecular flexibility index (Phi) is 7.85. The molecule has 158 valence electrons. The van der Waals surface area contributed by atoms with E-state index in [1.807, 2.05) is 87.2 Å². The van der Waals surface area contributed by atoms with Crippen molar-refractivity contribution in [3.63, 3.8) is 0 Å². The second-order valence-corrected chi connectivity index (χ2v) is 7.71. The van der Waals surface area contributed by atoms with E-state index in [1.165, 1.54) is 0 Å². The summed E-state index contributed by atoms with van der Waals surface area (Å²) < 4.78 is 4.23. The molecule has 0 saturated heterocycles. The Morgan fingerprint density at radius 1 is 0.742 bits per heavy atom. The third-order valence-corrected chi connectivity index (χ3v) is 5.28. The Morgan fingerprint density at radius 2 is 1.16 bits per heavy atom. The lowest BCUT2D eigenvalue weighted by molar-refractivity contribution is -0.693. The van der Waals surface area contributed by atoms with Crippen LogP contribution >= 0.6 is 11.6 Å². The average Bonchev–Trinajstić information content (AvgIpc) is 2.79. The van der Waals surface area contributed by atoms with Crippen molar-refractivity contribution in [2.75, 3.05) is 0 Å². The fraction of sp³-hybridized carbons (Fsp3) is 0.231. The minimum absolute atomic E-state index is 0.719. The lowest BCUT2D eigenvalue weighted by atomic mass is 10.0. The standard InChI is InChI=1S/C26H29ClN4/c1-5-30-15-11-24(12-16-30)28-20(3)26(19-22-7-9-23(27)10-8-22)21(4)29-25-13-17-31(6-2)18-14-25/h7-19H,5-6H2,1-4H3/q+2. The summed E-state index contributed by atoms with van der Waals surface area (Å²) >= 11 is 6.07. The SMILES string of the molecule is CC[n+]1ccc(N=C(C)C(=Cc2ccc(Cl)cc2)C(C)=Nc2cc[n+](CC)cc2)cc1. The Bertz CT molecular complexity index is 1030. The average molecular weight is 433 g/mol. The number of nitrogens with zero attached hydrogens (tertiary/aromatic N) is 4. The van der Waals surface area contributed by atoms with Crippen LogP contribution in [0.1, 0.15) is 33.3 Å². The van der Waals surface area contributed by atoms with Crippen molar-refractivity contribution >= 4 is 40.5 Å². The summed E-state index contributed by atoms with van der Waals surface area (Å²) in [6.07, 6.45) is 10.3. The number of rotatable bonds is 7. The third kappa shape index (κ3) is 6.43. The Hall–Kier alpha value is -3.11. The number of benzene rings is 1. The summed E-state index contributed by atoms with van der Waals surface area (Å²) in [6, 6.07) is 15.9. The molecule has 0 fully saturated rings. The van der Waals surface area contributed by atoms with Crippen LogP contribution in [0.4, 0.5) is 11.4 Å². The van der Waals surface area contributed by atoms with Crippen LogP contribution in [-0.2, 0) is 13.1 Å². The maximum atomic E-state index is 6.07. The molecule has 2 heterocycles. The van der Waals surface area contributed by atoms with Crippen LogP contribution < -0.4 is 9.13 Å². The van der Waals surface area contributed by atoms with Gasteiger partial charge in [-0.3, -0.25) is 9.98 Å². The zero-order valence-electron chi connectivity index (χ0n) is 18.6. The van der Waals surface area contributed by atoms with E-state index >= 15 is 0 Å². The van der Waals surface area contributed by atoms with Crippen molar-refractivity contribution in [3.8, 4) is 0 Å². The normalized spacial score (nSPS) is 12.0.